The average Bonchev–Trinajstić information content (AvgIpc) is 2.73. The summed E-state index contributed by atoms with van der Waals surface area (Å²) in [5.41, 5.74) is 1.23. The molecule has 27 heavy (non-hydrogen) atoms. The Labute approximate surface area is 162 Å². The lowest BCUT2D eigenvalue weighted by Crippen LogP contribution is -2.47. The van der Waals surface area contributed by atoms with Crippen LogP contribution in [0.1, 0.15) is 6.42 Å². The van der Waals surface area contributed by atoms with Crippen LogP contribution in [0.25, 0.3) is 0 Å². The van der Waals surface area contributed by atoms with E-state index in [1.165, 1.54) is 5.69 Å². The Kier molecular flexibility index (Phi) is 7.74. The molecule has 2 saturated heterocycles. The molecule has 2 aliphatic heterocycles. The zero-order valence-electron chi connectivity index (χ0n) is 16.4. The molecule has 0 saturated carbocycles. The van der Waals surface area contributed by atoms with Crippen molar-refractivity contribution in [3.63, 3.8) is 0 Å². The molecule has 0 spiro atoms. The highest BCUT2D eigenvalue weighted by atomic mass is 16.5. The van der Waals surface area contributed by atoms with Crippen molar-refractivity contribution >= 4 is 11.6 Å². The third-order valence-electron chi connectivity index (χ3n) is 5.32. The minimum absolute atomic E-state index is 0.154. The maximum Gasteiger partial charge on any atom is 0.221 e. The summed E-state index contributed by atoms with van der Waals surface area (Å²) in [6.07, 6.45) is 0.575. The number of nitrogens with zero attached hydrogens (tertiary/aromatic N) is 3. The molecular weight excluding hydrogens is 344 g/mol. The molecule has 0 radical (unpaired) electrons. The van der Waals surface area contributed by atoms with E-state index in [0.717, 1.165) is 77.9 Å². The number of ether oxygens (including phenoxy) is 2. The predicted molar refractivity (Wildman–Crippen MR) is 107 cm³/mol. The monoisotopic (exact) mass is 376 g/mol. The summed E-state index contributed by atoms with van der Waals surface area (Å²) in [5, 5.41) is 3.04. The number of hydrogen-bond donors (Lipinski definition) is 1. The van der Waals surface area contributed by atoms with E-state index >= 15 is 0 Å². The van der Waals surface area contributed by atoms with Gasteiger partial charge in [0.2, 0.25) is 5.91 Å². The van der Waals surface area contributed by atoms with Gasteiger partial charge in [-0.25, -0.2) is 0 Å². The number of anilines is 1. The van der Waals surface area contributed by atoms with E-state index in [9.17, 15) is 4.79 Å². The fourth-order valence-corrected chi connectivity index (χ4v) is 3.55. The van der Waals surface area contributed by atoms with E-state index in [-0.39, 0.29) is 5.91 Å². The van der Waals surface area contributed by atoms with Gasteiger partial charge in [0, 0.05) is 71.0 Å². The van der Waals surface area contributed by atoms with Crippen LogP contribution in [0.5, 0.6) is 5.75 Å². The van der Waals surface area contributed by atoms with Crippen LogP contribution in [0, 0.1) is 0 Å². The zero-order chi connectivity index (χ0) is 18.9. The molecule has 0 atom stereocenters. The summed E-state index contributed by atoms with van der Waals surface area (Å²) >= 11 is 0. The van der Waals surface area contributed by atoms with E-state index in [1.807, 2.05) is 12.1 Å². The van der Waals surface area contributed by atoms with Crippen LogP contribution in [0.3, 0.4) is 0 Å². The van der Waals surface area contributed by atoms with Gasteiger partial charge in [0.05, 0.1) is 20.3 Å². The Morgan fingerprint density at radius 1 is 1.00 bits per heavy atom. The van der Waals surface area contributed by atoms with Gasteiger partial charge in [0.25, 0.3) is 0 Å². The molecule has 7 heteroatoms. The number of amides is 1. The number of methoxy groups -OCH3 is 1. The summed E-state index contributed by atoms with van der Waals surface area (Å²) in [6.45, 7) is 9.98. The maximum atomic E-state index is 12.1. The quantitative estimate of drug-likeness (QED) is 0.719. The second kappa shape index (κ2) is 10.5. The molecule has 2 aliphatic rings. The molecule has 1 aromatic carbocycles. The van der Waals surface area contributed by atoms with Crippen molar-refractivity contribution in [2.75, 3.05) is 84.1 Å². The largest absolute Gasteiger partial charge is 0.497 e. The van der Waals surface area contributed by atoms with E-state index in [4.69, 9.17) is 9.47 Å². The zero-order valence-corrected chi connectivity index (χ0v) is 16.4. The molecule has 0 aromatic heterocycles. The van der Waals surface area contributed by atoms with Gasteiger partial charge in [-0.3, -0.25) is 14.6 Å². The first-order valence-electron chi connectivity index (χ1n) is 9.93. The summed E-state index contributed by atoms with van der Waals surface area (Å²) in [6, 6.07) is 8.22. The van der Waals surface area contributed by atoms with Crippen LogP contribution in [-0.2, 0) is 9.53 Å². The van der Waals surface area contributed by atoms with Crippen LogP contribution < -0.4 is 15.0 Å². The molecule has 7 nitrogen and oxygen atoms in total. The Balaban J connectivity index is 1.29. The van der Waals surface area contributed by atoms with E-state index in [2.05, 4.69) is 32.1 Å². The normalized spacial score (nSPS) is 19.1. The molecule has 150 valence electrons. The van der Waals surface area contributed by atoms with Crippen molar-refractivity contribution in [3.8, 4) is 5.75 Å². The highest BCUT2D eigenvalue weighted by Gasteiger charge is 2.18. The number of carbonyl (C=O) groups excluding carboxylic acids is 1. The molecule has 2 fully saturated rings. The minimum atomic E-state index is 0.154. The maximum absolute atomic E-state index is 12.1. The van der Waals surface area contributed by atoms with Gasteiger partial charge in [0.15, 0.2) is 0 Å². The summed E-state index contributed by atoms with van der Waals surface area (Å²) in [5.74, 6) is 1.04. The topological polar surface area (TPSA) is 57.3 Å². The van der Waals surface area contributed by atoms with Gasteiger partial charge in [-0.15, -0.1) is 0 Å². The first kappa shape index (κ1) is 19.9. The lowest BCUT2D eigenvalue weighted by Gasteiger charge is -2.36. The Morgan fingerprint density at radius 2 is 1.67 bits per heavy atom. The van der Waals surface area contributed by atoms with Crippen LogP contribution >= 0.6 is 0 Å². The number of rotatable bonds is 8. The van der Waals surface area contributed by atoms with Gasteiger partial charge in [-0.05, 0) is 24.3 Å². The molecule has 2 heterocycles. The van der Waals surface area contributed by atoms with Crippen molar-refractivity contribution in [1.82, 2.24) is 15.1 Å². The average molecular weight is 377 g/mol. The molecule has 3 rings (SSSR count). The number of benzene rings is 1. The first-order valence-corrected chi connectivity index (χ1v) is 9.93. The molecule has 1 amide bonds. The van der Waals surface area contributed by atoms with Crippen LogP contribution in [0.4, 0.5) is 5.69 Å². The molecule has 0 bridgehead atoms. The van der Waals surface area contributed by atoms with Crippen molar-refractivity contribution in [3.05, 3.63) is 24.3 Å². The smallest absolute Gasteiger partial charge is 0.221 e. The Morgan fingerprint density at radius 3 is 2.33 bits per heavy atom. The number of morpholine rings is 1. The van der Waals surface area contributed by atoms with Gasteiger partial charge < -0.3 is 19.7 Å². The SMILES string of the molecule is COc1ccc(N2CCN(CCC(=O)NCCN3CCOCC3)CC2)cc1. The second-order valence-corrected chi connectivity index (χ2v) is 7.08. The van der Waals surface area contributed by atoms with Gasteiger partial charge >= 0.3 is 0 Å². The highest BCUT2D eigenvalue weighted by molar-refractivity contribution is 5.76. The molecule has 0 unspecified atom stereocenters. The summed E-state index contributed by atoms with van der Waals surface area (Å²) in [7, 11) is 1.69. The standard InChI is InChI=1S/C20H32N4O3/c1-26-19-4-2-18(3-5-19)24-12-10-22(11-13-24)8-6-20(25)21-7-9-23-14-16-27-17-15-23/h2-5H,6-17H2,1H3,(H,21,25). The fourth-order valence-electron chi connectivity index (χ4n) is 3.55. The summed E-state index contributed by atoms with van der Waals surface area (Å²) < 4.78 is 10.6. The van der Waals surface area contributed by atoms with Crippen molar-refractivity contribution < 1.29 is 14.3 Å². The van der Waals surface area contributed by atoms with E-state index < -0.39 is 0 Å². The molecule has 0 aliphatic carbocycles. The van der Waals surface area contributed by atoms with Crippen LogP contribution in [0.2, 0.25) is 0 Å². The number of nitrogens with one attached hydrogen (secondary N) is 1. The third kappa shape index (κ3) is 6.37. The summed E-state index contributed by atoms with van der Waals surface area (Å²) in [4.78, 5) is 19.2. The first-order chi connectivity index (χ1) is 13.2. The minimum Gasteiger partial charge on any atom is -0.497 e. The van der Waals surface area contributed by atoms with Crippen molar-refractivity contribution in [2.24, 2.45) is 0 Å². The fraction of sp³-hybridized carbons (Fsp3) is 0.650. The van der Waals surface area contributed by atoms with Crippen molar-refractivity contribution in [1.29, 1.82) is 0 Å². The van der Waals surface area contributed by atoms with Crippen molar-refractivity contribution in [2.45, 2.75) is 6.42 Å². The van der Waals surface area contributed by atoms with Crippen LogP contribution in [0.15, 0.2) is 24.3 Å². The molecule has 1 aromatic rings. The molecule has 1 N–H and O–H groups in total. The van der Waals surface area contributed by atoms with Gasteiger partial charge in [-0.1, -0.05) is 0 Å². The third-order valence-corrected chi connectivity index (χ3v) is 5.32. The second-order valence-electron chi connectivity index (χ2n) is 7.08. The predicted octanol–water partition coefficient (Wildman–Crippen LogP) is 0.656. The Hall–Kier alpha value is -1.83. The highest BCUT2D eigenvalue weighted by Crippen LogP contribution is 2.20. The number of hydrogen-bond acceptors (Lipinski definition) is 6. The number of piperazine rings is 1. The number of carbonyl (C=O) groups is 1. The lowest BCUT2D eigenvalue weighted by molar-refractivity contribution is -0.121. The van der Waals surface area contributed by atoms with E-state index in [1.54, 1.807) is 7.11 Å². The van der Waals surface area contributed by atoms with E-state index in [0.29, 0.717) is 6.42 Å². The Bertz CT molecular complexity index is 567. The molecular formula is C20H32N4O3. The van der Waals surface area contributed by atoms with Gasteiger partial charge in [0.1, 0.15) is 5.75 Å². The van der Waals surface area contributed by atoms with Gasteiger partial charge in [-0.2, -0.15) is 0 Å². The lowest BCUT2D eigenvalue weighted by atomic mass is 10.2. The van der Waals surface area contributed by atoms with Crippen LogP contribution in [-0.4, -0.2) is 94.9 Å².